The summed E-state index contributed by atoms with van der Waals surface area (Å²) in [7, 11) is 1.53. The lowest BCUT2D eigenvalue weighted by molar-refractivity contribution is -0.134. The number of rotatable bonds is 8. The standard InChI is InChI=1S/C19H28N4O5/c1-13(21-16(24)12-23-8-10-28-11-9-23)17(25)22-19(2,18(20)26)14-4-6-15(27-3)7-5-14/h4-7,13H,8-12H2,1-3H3,(H2,20,26)(H,21,24)(H,22,25)/t13-,19?/m0/s1. The molecule has 2 atom stereocenters. The Morgan fingerprint density at radius 3 is 2.39 bits per heavy atom. The van der Waals surface area contributed by atoms with Crippen LogP contribution in [-0.4, -0.2) is 68.6 Å². The summed E-state index contributed by atoms with van der Waals surface area (Å²) in [6.45, 7) is 5.78. The number of hydrogen-bond donors (Lipinski definition) is 3. The average molecular weight is 392 g/mol. The van der Waals surface area contributed by atoms with Crippen molar-refractivity contribution in [1.82, 2.24) is 15.5 Å². The number of benzene rings is 1. The van der Waals surface area contributed by atoms with E-state index < -0.39 is 23.4 Å². The normalized spacial score (nSPS) is 17.8. The van der Waals surface area contributed by atoms with E-state index >= 15 is 0 Å². The molecule has 28 heavy (non-hydrogen) atoms. The summed E-state index contributed by atoms with van der Waals surface area (Å²) in [5.74, 6) is -0.870. The minimum Gasteiger partial charge on any atom is -0.497 e. The van der Waals surface area contributed by atoms with Crippen molar-refractivity contribution in [2.24, 2.45) is 5.73 Å². The topological polar surface area (TPSA) is 123 Å². The van der Waals surface area contributed by atoms with Gasteiger partial charge in [-0.25, -0.2) is 0 Å². The fourth-order valence-electron chi connectivity index (χ4n) is 2.87. The van der Waals surface area contributed by atoms with Crippen LogP contribution in [0.5, 0.6) is 5.75 Å². The zero-order valence-electron chi connectivity index (χ0n) is 16.5. The van der Waals surface area contributed by atoms with Gasteiger partial charge in [-0.1, -0.05) is 12.1 Å². The number of ether oxygens (including phenoxy) is 2. The fraction of sp³-hybridized carbons (Fsp3) is 0.526. The molecule has 0 bridgehead atoms. The van der Waals surface area contributed by atoms with Crippen LogP contribution < -0.4 is 21.1 Å². The third-order valence-corrected chi connectivity index (χ3v) is 4.78. The summed E-state index contributed by atoms with van der Waals surface area (Å²) in [5.41, 5.74) is 4.65. The van der Waals surface area contributed by atoms with E-state index in [2.05, 4.69) is 10.6 Å². The van der Waals surface area contributed by atoms with E-state index in [0.29, 0.717) is 37.6 Å². The highest BCUT2D eigenvalue weighted by Crippen LogP contribution is 2.23. The number of carbonyl (C=O) groups is 3. The number of hydrogen-bond acceptors (Lipinski definition) is 6. The van der Waals surface area contributed by atoms with Gasteiger partial charge in [0.1, 0.15) is 17.3 Å². The molecule has 9 heteroatoms. The zero-order chi connectivity index (χ0) is 20.7. The van der Waals surface area contributed by atoms with E-state index in [1.54, 1.807) is 31.2 Å². The van der Waals surface area contributed by atoms with Gasteiger partial charge >= 0.3 is 0 Å². The molecule has 0 aromatic heterocycles. The van der Waals surface area contributed by atoms with Crippen molar-refractivity contribution in [3.8, 4) is 5.75 Å². The van der Waals surface area contributed by atoms with Crippen LogP contribution in [0.4, 0.5) is 0 Å². The van der Waals surface area contributed by atoms with Crippen LogP contribution in [0.3, 0.4) is 0 Å². The minimum absolute atomic E-state index is 0.187. The van der Waals surface area contributed by atoms with E-state index in [9.17, 15) is 14.4 Å². The predicted molar refractivity (Wildman–Crippen MR) is 103 cm³/mol. The largest absolute Gasteiger partial charge is 0.497 e. The van der Waals surface area contributed by atoms with Crippen molar-refractivity contribution < 1.29 is 23.9 Å². The van der Waals surface area contributed by atoms with Crippen LogP contribution in [0.15, 0.2) is 24.3 Å². The van der Waals surface area contributed by atoms with Gasteiger partial charge < -0.3 is 25.8 Å². The highest BCUT2D eigenvalue weighted by Gasteiger charge is 2.36. The molecule has 1 saturated heterocycles. The molecule has 0 saturated carbocycles. The number of methoxy groups -OCH3 is 1. The molecule has 1 aliphatic rings. The second kappa shape index (κ2) is 9.52. The maximum Gasteiger partial charge on any atom is 0.247 e. The van der Waals surface area contributed by atoms with Crippen LogP contribution in [0.1, 0.15) is 19.4 Å². The molecule has 1 heterocycles. The fourth-order valence-corrected chi connectivity index (χ4v) is 2.87. The predicted octanol–water partition coefficient (Wildman–Crippen LogP) is -0.651. The van der Waals surface area contributed by atoms with Crippen LogP contribution in [0.2, 0.25) is 0 Å². The highest BCUT2D eigenvalue weighted by atomic mass is 16.5. The molecule has 1 aromatic carbocycles. The molecule has 0 aliphatic carbocycles. The Morgan fingerprint density at radius 2 is 1.86 bits per heavy atom. The molecular weight excluding hydrogens is 364 g/mol. The van der Waals surface area contributed by atoms with Crippen LogP contribution in [0.25, 0.3) is 0 Å². The number of nitrogens with two attached hydrogens (primary N) is 1. The molecule has 0 radical (unpaired) electrons. The molecule has 1 fully saturated rings. The highest BCUT2D eigenvalue weighted by molar-refractivity contribution is 5.94. The third kappa shape index (κ3) is 5.43. The average Bonchev–Trinajstić information content (AvgIpc) is 2.68. The lowest BCUT2D eigenvalue weighted by Crippen LogP contribution is -2.57. The van der Waals surface area contributed by atoms with Gasteiger partial charge in [0.2, 0.25) is 17.7 Å². The maximum absolute atomic E-state index is 12.6. The lowest BCUT2D eigenvalue weighted by Gasteiger charge is -2.30. The Hall–Kier alpha value is -2.65. The van der Waals surface area contributed by atoms with Crippen LogP contribution in [0, 0.1) is 0 Å². The Labute approximate surface area is 164 Å². The van der Waals surface area contributed by atoms with Gasteiger partial charge in [0.05, 0.1) is 26.9 Å². The monoisotopic (exact) mass is 392 g/mol. The van der Waals surface area contributed by atoms with E-state index in [0.717, 1.165) is 0 Å². The van der Waals surface area contributed by atoms with E-state index in [-0.39, 0.29) is 12.5 Å². The summed E-state index contributed by atoms with van der Waals surface area (Å²) >= 11 is 0. The third-order valence-electron chi connectivity index (χ3n) is 4.78. The van der Waals surface area contributed by atoms with Crippen molar-refractivity contribution in [2.75, 3.05) is 40.0 Å². The van der Waals surface area contributed by atoms with E-state index in [4.69, 9.17) is 15.2 Å². The molecule has 9 nitrogen and oxygen atoms in total. The second-order valence-corrected chi connectivity index (χ2v) is 6.88. The van der Waals surface area contributed by atoms with E-state index in [1.165, 1.54) is 14.0 Å². The summed E-state index contributed by atoms with van der Waals surface area (Å²) in [6, 6.07) is 5.84. The zero-order valence-corrected chi connectivity index (χ0v) is 16.5. The number of carbonyl (C=O) groups excluding carboxylic acids is 3. The first-order valence-corrected chi connectivity index (χ1v) is 9.12. The summed E-state index contributed by atoms with van der Waals surface area (Å²) < 4.78 is 10.4. The molecule has 0 spiro atoms. The van der Waals surface area contributed by atoms with Gasteiger partial charge in [0, 0.05) is 13.1 Å². The quantitative estimate of drug-likeness (QED) is 0.540. The molecule has 4 N–H and O–H groups in total. The van der Waals surface area contributed by atoms with E-state index in [1.807, 2.05) is 4.90 Å². The molecule has 1 unspecified atom stereocenters. The number of nitrogens with zero attached hydrogens (tertiary/aromatic N) is 1. The first-order chi connectivity index (χ1) is 13.3. The molecule has 1 aromatic rings. The van der Waals surface area contributed by atoms with Crippen molar-refractivity contribution in [3.63, 3.8) is 0 Å². The Bertz CT molecular complexity index is 703. The van der Waals surface area contributed by atoms with Crippen molar-refractivity contribution in [3.05, 3.63) is 29.8 Å². The van der Waals surface area contributed by atoms with Gasteiger partial charge in [-0.05, 0) is 31.5 Å². The first-order valence-electron chi connectivity index (χ1n) is 9.12. The summed E-state index contributed by atoms with van der Waals surface area (Å²) in [4.78, 5) is 38.8. The summed E-state index contributed by atoms with van der Waals surface area (Å²) in [6.07, 6.45) is 0. The Morgan fingerprint density at radius 1 is 1.25 bits per heavy atom. The molecule has 1 aliphatic heterocycles. The minimum atomic E-state index is -1.42. The van der Waals surface area contributed by atoms with Gasteiger partial charge in [-0.2, -0.15) is 0 Å². The van der Waals surface area contributed by atoms with Crippen LogP contribution in [-0.2, 0) is 24.7 Å². The Balaban J connectivity index is 1.99. The lowest BCUT2D eigenvalue weighted by atomic mass is 9.90. The van der Waals surface area contributed by atoms with Gasteiger partial charge in [-0.15, -0.1) is 0 Å². The first kappa shape index (κ1) is 21.6. The smallest absolute Gasteiger partial charge is 0.247 e. The summed E-state index contributed by atoms with van der Waals surface area (Å²) in [5, 5.41) is 5.31. The van der Waals surface area contributed by atoms with Crippen molar-refractivity contribution >= 4 is 17.7 Å². The molecule has 3 amide bonds. The molecular formula is C19H28N4O5. The maximum atomic E-state index is 12.6. The number of nitrogens with one attached hydrogen (secondary N) is 2. The SMILES string of the molecule is COc1ccc(C(C)(NC(=O)[C@H](C)NC(=O)CN2CCOCC2)C(N)=O)cc1. The van der Waals surface area contributed by atoms with Gasteiger partial charge in [-0.3, -0.25) is 19.3 Å². The van der Waals surface area contributed by atoms with Gasteiger partial charge in [0.15, 0.2) is 0 Å². The number of primary amides is 1. The number of amides is 3. The van der Waals surface area contributed by atoms with Crippen molar-refractivity contribution in [1.29, 1.82) is 0 Å². The van der Waals surface area contributed by atoms with Gasteiger partial charge in [0.25, 0.3) is 0 Å². The molecule has 2 rings (SSSR count). The number of morpholine rings is 1. The molecule has 154 valence electrons. The Kier molecular flexibility index (Phi) is 7.36. The second-order valence-electron chi connectivity index (χ2n) is 6.88. The van der Waals surface area contributed by atoms with Crippen molar-refractivity contribution in [2.45, 2.75) is 25.4 Å². The van der Waals surface area contributed by atoms with Crippen LogP contribution >= 0.6 is 0 Å².